The molecule has 0 heterocycles. The highest BCUT2D eigenvalue weighted by molar-refractivity contribution is 6.31. The number of carbonyl (C=O) groups excluding carboxylic acids is 1. The van der Waals surface area contributed by atoms with Crippen LogP contribution < -0.4 is 11.1 Å². The van der Waals surface area contributed by atoms with E-state index >= 15 is 0 Å². The van der Waals surface area contributed by atoms with Crippen molar-refractivity contribution < 1.29 is 14.7 Å². The van der Waals surface area contributed by atoms with Gasteiger partial charge in [-0.05, 0) is 31.0 Å². The van der Waals surface area contributed by atoms with Gasteiger partial charge in [0.25, 0.3) is 5.91 Å². The lowest BCUT2D eigenvalue weighted by atomic mass is 9.92. The van der Waals surface area contributed by atoms with Gasteiger partial charge in [0.15, 0.2) is 0 Å². The van der Waals surface area contributed by atoms with Gasteiger partial charge in [-0.1, -0.05) is 24.4 Å². The number of primary amides is 1. The van der Waals surface area contributed by atoms with Gasteiger partial charge in [0.1, 0.15) is 0 Å². The molecule has 1 aromatic carbocycles. The fourth-order valence-electron chi connectivity index (χ4n) is 2.81. The number of carboxylic acid groups (broad SMARTS) is 1. The second-order valence-electron chi connectivity index (χ2n) is 5.24. The molecule has 1 amide bonds. The average molecular weight is 297 g/mol. The molecule has 0 atom stereocenters. The number of benzene rings is 1. The van der Waals surface area contributed by atoms with Crippen molar-refractivity contribution in [1.29, 1.82) is 0 Å². The van der Waals surface area contributed by atoms with Crippen LogP contribution in [-0.4, -0.2) is 22.5 Å². The lowest BCUT2D eigenvalue weighted by molar-refractivity contribution is -0.138. The molecule has 0 saturated heterocycles. The lowest BCUT2D eigenvalue weighted by Gasteiger charge is -2.30. The Morgan fingerprint density at radius 2 is 2.00 bits per heavy atom. The molecule has 0 unspecified atom stereocenters. The van der Waals surface area contributed by atoms with Crippen LogP contribution in [0.1, 0.15) is 42.5 Å². The third-order valence-electron chi connectivity index (χ3n) is 3.70. The number of carboxylic acids is 1. The van der Waals surface area contributed by atoms with Crippen LogP contribution in [0.4, 0.5) is 5.69 Å². The quantitative estimate of drug-likeness (QED) is 0.779. The van der Waals surface area contributed by atoms with Crippen molar-refractivity contribution in [1.82, 2.24) is 0 Å². The lowest BCUT2D eigenvalue weighted by Crippen LogP contribution is -2.38. The van der Waals surface area contributed by atoms with Gasteiger partial charge in [0, 0.05) is 16.2 Å². The Balaban J connectivity index is 2.33. The molecule has 2 rings (SSSR count). The maximum Gasteiger partial charge on any atom is 0.305 e. The normalized spacial score (nSPS) is 16.9. The van der Waals surface area contributed by atoms with Crippen LogP contribution in [0.2, 0.25) is 5.02 Å². The topological polar surface area (TPSA) is 92.4 Å². The summed E-state index contributed by atoms with van der Waals surface area (Å²) in [6, 6.07) is 4.76. The van der Waals surface area contributed by atoms with Crippen molar-refractivity contribution in [2.24, 2.45) is 5.73 Å². The number of amides is 1. The maximum atomic E-state index is 11.5. The third kappa shape index (κ3) is 3.22. The van der Waals surface area contributed by atoms with E-state index in [1.807, 2.05) is 0 Å². The Labute approximate surface area is 122 Å². The number of carbonyl (C=O) groups is 2. The van der Waals surface area contributed by atoms with Crippen molar-refractivity contribution in [3.8, 4) is 0 Å². The fourth-order valence-corrected chi connectivity index (χ4v) is 2.98. The first-order valence-corrected chi connectivity index (χ1v) is 6.89. The first kappa shape index (κ1) is 14.7. The van der Waals surface area contributed by atoms with Gasteiger partial charge < -0.3 is 16.2 Å². The molecule has 1 aliphatic rings. The number of hydrogen-bond acceptors (Lipinski definition) is 3. The Hall–Kier alpha value is -1.75. The van der Waals surface area contributed by atoms with E-state index in [1.165, 1.54) is 0 Å². The van der Waals surface area contributed by atoms with Crippen LogP contribution in [-0.2, 0) is 4.79 Å². The maximum absolute atomic E-state index is 11.5. The van der Waals surface area contributed by atoms with Gasteiger partial charge in [0.2, 0.25) is 0 Å². The molecule has 1 aliphatic carbocycles. The summed E-state index contributed by atoms with van der Waals surface area (Å²) in [5.41, 5.74) is 5.65. The minimum atomic E-state index is -0.859. The fraction of sp³-hybridized carbons (Fsp3) is 0.429. The zero-order valence-corrected chi connectivity index (χ0v) is 11.7. The second kappa shape index (κ2) is 5.71. The van der Waals surface area contributed by atoms with Gasteiger partial charge in [-0.2, -0.15) is 0 Å². The van der Waals surface area contributed by atoms with Crippen molar-refractivity contribution in [3.63, 3.8) is 0 Å². The Morgan fingerprint density at radius 1 is 1.35 bits per heavy atom. The van der Waals surface area contributed by atoms with E-state index in [0.717, 1.165) is 25.7 Å². The molecule has 6 heteroatoms. The summed E-state index contributed by atoms with van der Waals surface area (Å²) in [5.74, 6) is -1.42. The van der Waals surface area contributed by atoms with Crippen molar-refractivity contribution in [2.45, 2.75) is 37.6 Å². The zero-order chi connectivity index (χ0) is 14.8. The van der Waals surface area contributed by atoms with Crippen LogP contribution >= 0.6 is 11.6 Å². The zero-order valence-electron chi connectivity index (χ0n) is 11.0. The molecule has 0 radical (unpaired) electrons. The van der Waals surface area contributed by atoms with E-state index in [4.69, 9.17) is 22.4 Å². The van der Waals surface area contributed by atoms with Gasteiger partial charge >= 0.3 is 5.97 Å². The van der Waals surface area contributed by atoms with Crippen molar-refractivity contribution >= 4 is 29.2 Å². The third-order valence-corrected chi connectivity index (χ3v) is 3.93. The summed E-state index contributed by atoms with van der Waals surface area (Å²) in [4.78, 5) is 22.5. The van der Waals surface area contributed by atoms with Gasteiger partial charge in [-0.25, -0.2) is 0 Å². The molecular formula is C14H17ClN2O3. The van der Waals surface area contributed by atoms with E-state index in [9.17, 15) is 9.59 Å². The van der Waals surface area contributed by atoms with Crippen LogP contribution in [0.25, 0.3) is 0 Å². The summed E-state index contributed by atoms with van der Waals surface area (Å²) in [6.07, 6.45) is 3.45. The van der Waals surface area contributed by atoms with Crippen LogP contribution in [0.3, 0.4) is 0 Å². The molecule has 5 nitrogen and oxygen atoms in total. The largest absolute Gasteiger partial charge is 0.481 e. The molecule has 108 valence electrons. The Morgan fingerprint density at radius 3 is 2.55 bits per heavy atom. The molecule has 0 spiro atoms. The number of hydrogen-bond donors (Lipinski definition) is 3. The molecule has 0 aliphatic heterocycles. The van der Waals surface area contributed by atoms with E-state index < -0.39 is 17.4 Å². The monoisotopic (exact) mass is 296 g/mol. The molecule has 4 N–H and O–H groups in total. The first-order valence-electron chi connectivity index (χ1n) is 6.51. The first-order chi connectivity index (χ1) is 9.42. The smallest absolute Gasteiger partial charge is 0.305 e. The number of nitrogens with two attached hydrogens (primary N) is 1. The highest BCUT2D eigenvalue weighted by Gasteiger charge is 2.36. The van der Waals surface area contributed by atoms with Gasteiger partial charge in [0.05, 0.1) is 12.0 Å². The SMILES string of the molecule is NC(=O)c1ccc(Cl)cc1NC1(CC(=O)O)CCCC1. The molecule has 20 heavy (non-hydrogen) atoms. The average Bonchev–Trinajstić information content (AvgIpc) is 2.75. The minimum Gasteiger partial charge on any atom is -0.481 e. The number of nitrogens with one attached hydrogen (secondary N) is 1. The van der Waals surface area contributed by atoms with E-state index in [2.05, 4.69) is 5.32 Å². The second-order valence-corrected chi connectivity index (χ2v) is 5.67. The number of aliphatic carboxylic acids is 1. The summed E-state index contributed by atoms with van der Waals surface area (Å²) in [7, 11) is 0. The molecular weight excluding hydrogens is 280 g/mol. The molecule has 1 saturated carbocycles. The minimum absolute atomic E-state index is 0.0116. The highest BCUT2D eigenvalue weighted by Crippen LogP contribution is 2.37. The molecule has 1 aromatic rings. The van der Waals surface area contributed by atoms with E-state index in [-0.39, 0.29) is 6.42 Å². The molecule has 1 fully saturated rings. The van der Waals surface area contributed by atoms with E-state index in [1.54, 1.807) is 18.2 Å². The van der Waals surface area contributed by atoms with Crippen LogP contribution in [0.15, 0.2) is 18.2 Å². The predicted molar refractivity (Wildman–Crippen MR) is 77.0 cm³/mol. The number of halogens is 1. The summed E-state index contributed by atoms with van der Waals surface area (Å²) >= 11 is 5.95. The standard InChI is InChI=1S/C14H17ClN2O3/c15-9-3-4-10(13(16)20)11(7-9)17-14(8-12(18)19)5-1-2-6-14/h3-4,7,17H,1-2,5-6,8H2,(H2,16,20)(H,18,19). The van der Waals surface area contributed by atoms with Crippen molar-refractivity contribution in [3.05, 3.63) is 28.8 Å². The van der Waals surface area contributed by atoms with Gasteiger partial charge in [-0.3, -0.25) is 9.59 Å². The summed E-state index contributed by atoms with van der Waals surface area (Å²) in [5, 5.41) is 12.8. The number of anilines is 1. The molecule has 0 bridgehead atoms. The van der Waals surface area contributed by atoms with Crippen LogP contribution in [0.5, 0.6) is 0 Å². The molecule has 0 aromatic heterocycles. The predicted octanol–water partition coefficient (Wildman–Crippen LogP) is 2.64. The van der Waals surface area contributed by atoms with Crippen molar-refractivity contribution in [2.75, 3.05) is 5.32 Å². The van der Waals surface area contributed by atoms with Gasteiger partial charge in [-0.15, -0.1) is 0 Å². The highest BCUT2D eigenvalue weighted by atomic mass is 35.5. The summed E-state index contributed by atoms with van der Waals surface area (Å²) < 4.78 is 0. The Bertz CT molecular complexity index is 539. The van der Waals surface area contributed by atoms with Crippen LogP contribution in [0, 0.1) is 0 Å². The van der Waals surface area contributed by atoms with E-state index in [0.29, 0.717) is 16.3 Å². The number of rotatable bonds is 5. The Kier molecular flexibility index (Phi) is 4.18. The summed E-state index contributed by atoms with van der Waals surface area (Å²) in [6.45, 7) is 0.